The van der Waals surface area contributed by atoms with Gasteiger partial charge in [0.2, 0.25) is 0 Å². The van der Waals surface area contributed by atoms with Gasteiger partial charge < -0.3 is 15.3 Å². The van der Waals surface area contributed by atoms with Crippen molar-refractivity contribution in [2.24, 2.45) is 0 Å². The summed E-state index contributed by atoms with van der Waals surface area (Å²) < 4.78 is 0. The third kappa shape index (κ3) is 4.31. The zero-order valence-corrected chi connectivity index (χ0v) is 11.8. The molecule has 0 radical (unpaired) electrons. The van der Waals surface area contributed by atoms with Gasteiger partial charge in [-0.25, -0.2) is 0 Å². The molecule has 0 saturated heterocycles. The Labute approximate surface area is 111 Å². The highest BCUT2D eigenvalue weighted by Gasteiger charge is 2.11. The predicted octanol–water partition coefficient (Wildman–Crippen LogP) is 2.57. The Kier molecular flexibility index (Phi) is 6.76. The van der Waals surface area contributed by atoms with Crippen molar-refractivity contribution in [3.63, 3.8) is 0 Å². The van der Waals surface area contributed by atoms with Crippen LogP contribution in [0.5, 0.6) is 0 Å². The molecule has 1 unspecified atom stereocenters. The Balaban J connectivity index is 2.63. The molecule has 1 rings (SSSR count). The summed E-state index contributed by atoms with van der Waals surface area (Å²) in [5, 5.41) is 12.1. The standard InChI is InChI=1S/C15H26N2O/c1-13(16-2)14-9-5-6-10-15(14)17(3)11-7-4-8-12-18/h5-6,9-10,13,16,18H,4,7-8,11-12H2,1-3H3. The average molecular weight is 250 g/mol. The molecule has 2 N–H and O–H groups in total. The summed E-state index contributed by atoms with van der Waals surface area (Å²) in [5.74, 6) is 0. The number of para-hydroxylation sites is 1. The predicted molar refractivity (Wildman–Crippen MR) is 78.1 cm³/mol. The molecule has 1 aromatic rings. The molecule has 0 saturated carbocycles. The van der Waals surface area contributed by atoms with E-state index in [9.17, 15) is 0 Å². The number of hydrogen-bond acceptors (Lipinski definition) is 3. The van der Waals surface area contributed by atoms with Crippen LogP contribution in [0.1, 0.15) is 37.8 Å². The number of rotatable bonds is 8. The molecule has 0 fully saturated rings. The van der Waals surface area contributed by atoms with Gasteiger partial charge >= 0.3 is 0 Å². The van der Waals surface area contributed by atoms with Crippen LogP contribution in [0.3, 0.4) is 0 Å². The van der Waals surface area contributed by atoms with E-state index < -0.39 is 0 Å². The fraction of sp³-hybridized carbons (Fsp3) is 0.600. The average Bonchev–Trinajstić information content (AvgIpc) is 2.42. The second-order valence-corrected chi connectivity index (χ2v) is 4.78. The molecule has 1 atom stereocenters. The largest absolute Gasteiger partial charge is 0.396 e. The molecule has 0 bridgehead atoms. The molecule has 0 aliphatic carbocycles. The summed E-state index contributed by atoms with van der Waals surface area (Å²) in [6.45, 7) is 3.52. The van der Waals surface area contributed by atoms with E-state index in [1.165, 1.54) is 11.3 Å². The minimum Gasteiger partial charge on any atom is -0.396 e. The molecule has 0 amide bonds. The van der Waals surface area contributed by atoms with E-state index in [0.29, 0.717) is 12.6 Å². The summed E-state index contributed by atoms with van der Waals surface area (Å²) in [7, 11) is 4.13. The van der Waals surface area contributed by atoms with Gasteiger partial charge in [-0.05, 0) is 44.9 Å². The summed E-state index contributed by atoms with van der Waals surface area (Å²) >= 11 is 0. The van der Waals surface area contributed by atoms with Gasteiger partial charge in [-0.3, -0.25) is 0 Å². The molecule has 0 spiro atoms. The summed E-state index contributed by atoms with van der Waals surface area (Å²) in [5.41, 5.74) is 2.63. The SMILES string of the molecule is CNC(C)c1ccccc1N(C)CCCCCO. The maximum Gasteiger partial charge on any atom is 0.0431 e. The van der Waals surface area contributed by atoms with Gasteiger partial charge in [-0.2, -0.15) is 0 Å². The van der Waals surface area contributed by atoms with Crippen LogP contribution in [0.25, 0.3) is 0 Å². The number of anilines is 1. The van der Waals surface area contributed by atoms with E-state index in [0.717, 1.165) is 25.8 Å². The van der Waals surface area contributed by atoms with E-state index in [1.807, 2.05) is 7.05 Å². The normalized spacial score (nSPS) is 12.4. The lowest BCUT2D eigenvalue weighted by atomic mass is 10.1. The van der Waals surface area contributed by atoms with Crippen molar-refractivity contribution in [2.45, 2.75) is 32.2 Å². The fourth-order valence-electron chi connectivity index (χ4n) is 2.11. The van der Waals surface area contributed by atoms with Gasteiger partial charge in [0, 0.05) is 31.9 Å². The van der Waals surface area contributed by atoms with Crippen molar-refractivity contribution in [3.8, 4) is 0 Å². The zero-order chi connectivity index (χ0) is 13.4. The number of hydrogen-bond donors (Lipinski definition) is 2. The Hall–Kier alpha value is -1.06. The van der Waals surface area contributed by atoms with Crippen molar-refractivity contribution in [1.29, 1.82) is 0 Å². The lowest BCUT2D eigenvalue weighted by molar-refractivity contribution is 0.283. The van der Waals surface area contributed by atoms with Crippen LogP contribution >= 0.6 is 0 Å². The molecule has 0 aliphatic heterocycles. The number of nitrogens with one attached hydrogen (secondary N) is 1. The van der Waals surface area contributed by atoms with E-state index >= 15 is 0 Å². The first kappa shape index (κ1) is 15.0. The van der Waals surface area contributed by atoms with Crippen molar-refractivity contribution in [3.05, 3.63) is 29.8 Å². The molecule has 1 aromatic carbocycles. The molecule has 3 heteroatoms. The number of aliphatic hydroxyl groups excluding tert-OH is 1. The first-order chi connectivity index (χ1) is 8.70. The Bertz CT molecular complexity index is 341. The van der Waals surface area contributed by atoms with Crippen molar-refractivity contribution >= 4 is 5.69 Å². The zero-order valence-electron chi connectivity index (χ0n) is 11.8. The summed E-state index contributed by atoms with van der Waals surface area (Å²) in [6.07, 6.45) is 3.12. The highest BCUT2D eigenvalue weighted by molar-refractivity contribution is 5.54. The van der Waals surface area contributed by atoms with Crippen molar-refractivity contribution in [1.82, 2.24) is 5.32 Å². The second kappa shape index (κ2) is 8.11. The van der Waals surface area contributed by atoms with Crippen LogP contribution < -0.4 is 10.2 Å². The van der Waals surface area contributed by atoms with Crippen LogP contribution in [-0.2, 0) is 0 Å². The smallest absolute Gasteiger partial charge is 0.0431 e. The van der Waals surface area contributed by atoms with Crippen LogP contribution in [0.2, 0.25) is 0 Å². The molecule has 3 nitrogen and oxygen atoms in total. The van der Waals surface area contributed by atoms with Gasteiger partial charge in [-0.1, -0.05) is 18.2 Å². The second-order valence-electron chi connectivity index (χ2n) is 4.78. The van der Waals surface area contributed by atoms with Crippen LogP contribution in [0.4, 0.5) is 5.69 Å². The lowest BCUT2D eigenvalue weighted by Crippen LogP contribution is -2.22. The van der Waals surface area contributed by atoms with Gasteiger partial charge in [0.15, 0.2) is 0 Å². The number of nitrogens with zero attached hydrogens (tertiary/aromatic N) is 1. The third-order valence-electron chi connectivity index (χ3n) is 3.40. The van der Waals surface area contributed by atoms with Crippen LogP contribution in [-0.4, -0.2) is 32.4 Å². The highest BCUT2D eigenvalue weighted by Crippen LogP contribution is 2.25. The number of unbranched alkanes of at least 4 members (excludes halogenated alkanes) is 2. The van der Waals surface area contributed by atoms with Gasteiger partial charge in [0.05, 0.1) is 0 Å². The van der Waals surface area contributed by atoms with Crippen LogP contribution in [0.15, 0.2) is 24.3 Å². The van der Waals surface area contributed by atoms with Gasteiger partial charge in [-0.15, -0.1) is 0 Å². The van der Waals surface area contributed by atoms with Gasteiger partial charge in [0.25, 0.3) is 0 Å². The maximum absolute atomic E-state index is 8.78. The highest BCUT2D eigenvalue weighted by atomic mass is 16.2. The minimum atomic E-state index is 0.303. The fourth-order valence-corrected chi connectivity index (χ4v) is 2.11. The molecular formula is C15H26N2O. The molecular weight excluding hydrogens is 224 g/mol. The van der Waals surface area contributed by atoms with E-state index in [-0.39, 0.29) is 0 Å². The van der Waals surface area contributed by atoms with E-state index in [4.69, 9.17) is 5.11 Å². The number of benzene rings is 1. The summed E-state index contributed by atoms with van der Waals surface area (Å²) in [6, 6.07) is 8.90. The Morgan fingerprint density at radius 2 is 1.94 bits per heavy atom. The molecule has 102 valence electrons. The van der Waals surface area contributed by atoms with E-state index in [1.54, 1.807) is 0 Å². The topological polar surface area (TPSA) is 35.5 Å². The monoisotopic (exact) mass is 250 g/mol. The van der Waals surface area contributed by atoms with Crippen LogP contribution in [0, 0.1) is 0 Å². The van der Waals surface area contributed by atoms with Gasteiger partial charge in [0.1, 0.15) is 0 Å². The third-order valence-corrected chi connectivity index (χ3v) is 3.40. The lowest BCUT2D eigenvalue weighted by Gasteiger charge is -2.25. The van der Waals surface area contributed by atoms with Crippen molar-refractivity contribution < 1.29 is 5.11 Å². The Morgan fingerprint density at radius 3 is 2.61 bits per heavy atom. The Morgan fingerprint density at radius 1 is 1.22 bits per heavy atom. The molecule has 18 heavy (non-hydrogen) atoms. The first-order valence-electron chi connectivity index (χ1n) is 6.79. The van der Waals surface area contributed by atoms with E-state index in [2.05, 4.69) is 48.5 Å². The molecule has 0 aromatic heterocycles. The molecule has 0 heterocycles. The molecule has 0 aliphatic rings. The minimum absolute atomic E-state index is 0.303. The number of aliphatic hydroxyl groups is 1. The first-order valence-corrected chi connectivity index (χ1v) is 6.79. The quantitative estimate of drug-likeness (QED) is 0.696. The summed E-state index contributed by atoms with van der Waals surface area (Å²) in [4.78, 5) is 2.31. The maximum atomic E-state index is 8.78. The van der Waals surface area contributed by atoms with Crippen molar-refractivity contribution in [2.75, 3.05) is 32.1 Å².